The minimum Gasteiger partial charge on any atom is -0.504 e. The fourth-order valence-electron chi connectivity index (χ4n) is 1.97. The molecular formula is C15H26ClNO3. The average Bonchev–Trinajstić information content (AvgIpc) is 2.38. The zero-order valence-electron chi connectivity index (χ0n) is 12.4. The number of ether oxygens (including phenoxy) is 1. The molecule has 0 bridgehead atoms. The maximum absolute atomic E-state index is 10.1. The summed E-state index contributed by atoms with van der Waals surface area (Å²) in [4.78, 5) is 0. The number of halogens is 1. The topological polar surface area (TPSA) is 75.7 Å². The number of phenolic OH excluding ortho intramolecular Hbond substituents is 1. The maximum atomic E-state index is 10.1. The molecule has 4 N–H and O–H groups in total. The zero-order chi connectivity index (χ0) is 14.4. The summed E-state index contributed by atoms with van der Waals surface area (Å²) in [5.41, 5.74) is 6.55. The SMILES string of the molecule is CCOc1cccc([C@H](N)[C@H](O)CCC(C)C)c1O.Cl. The van der Waals surface area contributed by atoms with E-state index >= 15 is 0 Å². The van der Waals surface area contributed by atoms with Gasteiger partial charge in [0.1, 0.15) is 0 Å². The summed E-state index contributed by atoms with van der Waals surface area (Å²) in [7, 11) is 0. The Balaban J connectivity index is 0.00000361. The van der Waals surface area contributed by atoms with Crippen LogP contribution in [0.4, 0.5) is 0 Å². The van der Waals surface area contributed by atoms with E-state index in [1.54, 1.807) is 18.2 Å². The molecule has 0 aliphatic heterocycles. The summed E-state index contributed by atoms with van der Waals surface area (Å²) in [6, 6.07) is 4.59. The molecule has 1 rings (SSSR count). The lowest BCUT2D eigenvalue weighted by molar-refractivity contribution is 0.127. The van der Waals surface area contributed by atoms with Crippen molar-refractivity contribution in [1.29, 1.82) is 0 Å². The lowest BCUT2D eigenvalue weighted by atomic mass is 9.95. The molecule has 0 radical (unpaired) electrons. The molecule has 1 aromatic rings. The molecule has 20 heavy (non-hydrogen) atoms. The first-order valence-electron chi connectivity index (χ1n) is 6.85. The van der Waals surface area contributed by atoms with E-state index in [9.17, 15) is 10.2 Å². The standard InChI is InChI=1S/C15H25NO3.ClH/c1-4-19-13-7-5-6-11(15(13)18)14(16)12(17)9-8-10(2)3;/h5-7,10,12,14,17-18H,4,8-9,16H2,1-3H3;1H/t12-,14+;/m1./s1. The normalized spacial score (nSPS) is 13.7. The Kier molecular flexibility index (Phi) is 8.62. The molecule has 0 aromatic heterocycles. The number of hydrogen-bond acceptors (Lipinski definition) is 4. The van der Waals surface area contributed by atoms with Gasteiger partial charge in [0.05, 0.1) is 18.8 Å². The van der Waals surface area contributed by atoms with Crippen molar-refractivity contribution in [1.82, 2.24) is 0 Å². The van der Waals surface area contributed by atoms with Crippen LogP contribution in [0.15, 0.2) is 18.2 Å². The number of hydrogen-bond donors (Lipinski definition) is 3. The molecule has 0 saturated carbocycles. The first-order valence-corrected chi connectivity index (χ1v) is 6.85. The highest BCUT2D eigenvalue weighted by atomic mass is 35.5. The molecular weight excluding hydrogens is 278 g/mol. The predicted octanol–water partition coefficient (Wildman–Crippen LogP) is 3.01. The Bertz CT molecular complexity index is 399. The molecule has 116 valence electrons. The Morgan fingerprint density at radius 3 is 2.45 bits per heavy atom. The van der Waals surface area contributed by atoms with Gasteiger partial charge in [-0.15, -0.1) is 12.4 Å². The van der Waals surface area contributed by atoms with Gasteiger partial charge >= 0.3 is 0 Å². The number of phenols is 1. The van der Waals surface area contributed by atoms with Crippen molar-refractivity contribution in [2.75, 3.05) is 6.61 Å². The number of nitrogens with two attached hydrogens (primary N) is 1. The van der Waals surface area contributed by atoms with Crippen molar-refractivity contribution < 1.29 is 14.9 Å². The minimum atomic E-state index is -0.662. The van der Waals surface area contributed by atoms with E-state index < -0.39 is 12.1 Å². The molecule has 5 heteroatoms. The summed E-state index contributed by atoms with van der Waals surface area (Å²) >= 11 is 0. The lowest BCUT2D eigenvalue weighted by Gasteiger charge is -2.21. The summed E-state index contributed by atoms with van der Waals surface area (Å²) < 4.78 is 5.32. The van der Waals surface area contributed by atoms with Crippen molar-refractivity contribution in [2.24, 2.45) is 11.7 Å². The fourth-order valence-corrected chi connectivity index (χ4v) is 1.97. The minimum absolute atomic E-state index is 0. The third-order valence-corrected chi connectivity index (χ3v) is 3.14. The third-order valence-electron chi connectivity index (χ3n) is 3.14. The third kappa shape index (κ3) is 5.19. The molecule has 0 aliphatic rings. The number of aliphatic hydroxyl groups is 1. The molecule has 0 amide bonds. The van der Waals surface area contributed by atoms with Gasteiger partial charge in [-0.1, -0.05) is 26.0 Å². The highest BCUT2D eigenvalue weighted by Gasteiger charge is 2.21. The maximum Gasteiger partial charge on any atom is 0.162 e. The summed E-state index contributed by atoms with van der Waals surface area (Å²) in [6.07, 6.45) is 0.864. The predicted molar refractivity (Wildman–Crippen MR) is 83.5 cm³/mol. The van der Waals surface area contributed by atoms with Crippen LogP contribution in [0.2, 0.25) is 0 Å². The van der Waals surface area contributed by atoms with E-state index in [0.717, 1.165) is 6.42 Å². The van der Waals surface area contributed by atoms with Gasteiger partial charge in [0.15, 0.2) is 11.5 Å². The van der Waals surface area contributed by atoms with Crippen molar-refractivity contribution in [3.63, 3.8) is 0 Å². The highest BCUT2D eigenvalue weighted by Crippen LogP contribution is 2.34. The summed E-state index contributed by atoms with van der Waals surface area (Å²) in [5.74, 6) is 0.956. The van der Waals surface area contributed by atoms with Crippen LogP contribution in [0.25, 0.3) is 0 Å². The quantitative estimate of drug-likeness (QED) is 0.724. The van der Waals surface area contributed by atoms with Crippen LogP contribution in [0, 0.1) is 5.92 Å². The molecule has 0 saturated heterocycles. The van der Waals surface area contributed by atoms with E-state index in [1.807, 2.05) is 6.92 Å². The molecule has 4 nitrogen and oxygen atoms in total. The van der Waals surface area contributed by atoms with Gasteiger partial charge in [0.2, 0.25) is 0 Å². The zero-order valence-corrected chi connectivity index (χ0v) is 13.2. The number of rotatable bonds is 7. The lowest BCUT2D eigenvalue weighted by Crippen LogP contribution is -2.26. The monoisotopic (exact) mass is 303 g/mol. The molecule has 0 aliphatic carbocycles. The molecule has 2 atom stereocenters. The second kappa shape index (κ2) is 9.06. The van der Waals surface area contributed by atoms with Gasteiger partial charge in [-0.25, -0.2) is 0 Å². The van der Waals surface area contributed by atoms with Gasteiger partial charge in [0, 0.05) is 5.56 Å². The Hall–Kier alpha value is -0.970. The molecule has 1 aromatic carbocycles. The largest absolute Gasteiger partial charge is 0.504 e. The van der Waals surface area contributed by atoms with E-state index in [0.29, 0.717) is 30.3 Å². The Morgan fingerprint density at radius 2 is 1.90 bits per heavy atom. The van der Waals surface area contributed by atoms with Crippen LogP contribution < -0.4 is 10.5 Å². The second-order valence-corrected chi connectivity index (χ2v) is 5.19. The van der Waals surface area contributed by atoms with Gasteiger partial charge in [-0.2, -0.15) is 0 Å². The van der Waals surface area contributed by atoms with E-state index in [2.05, 4.69) is 13.8 Å². The van der Waals surface area contributed by atoms with Crippen LogP contribution in [0.3, 0.4) is 0 Å². The number of para-hydroxylation sites is 1. The van der Waals surface area contributed by atoms with Gasteiger partial charge in [-0.3, -0.25) is 0 Å². The van der Waals surface area contributed by atoms with Crippen molar-refractivity contribution in [3.8, 4) is 11.5 Å². The fraction of sp³-hybridized carbons (Fsp3) is 0.600. The van der Waals surface area contributed by atoms with Crippen LogP contribution in [0.5, 0.6) is 11.5 Å². The Morgan fingerprint density at radius 1 is 1.25 bits per heavy atom. The molecule has 0 heterocycles. The van der Waals surface area contributed by atoms with Gasteiger partial charge < -0.3 is 20.7 Å². The van der Waals surface area contributed by atoms with E-state index in [1.165, 1.54) is 0 Å². The van der Waals surface area contributed by atoms with E-state index in [4.69, 9.17) is 10.5 Å². The van der Waals surface area contributed by atoms with Crippen LogP contribution in [0.1, 0.15) is 45.2 Å². The average molecular weight is 304 g/mol. The molecule has 0 unspecified atom stereocenters. The summed E-state index contributed by atoms with van der Waals surface area (Å²) in [5, 5.41) is 20.2. The molecule has 0 fully saturated rings. The van der Waals surface area contributed by atoms with Crippen molar-refractivity contribution in [3.05, 3.63) is 23.8 Å². The first-order chi connectivity index (χ1) is 8.97. The summed E-state index contributed by atoms with van der Waals surface area (Å²) in [6.45, 7) is 6.53. The van der Waals surface area contributed by atoms with Crippen LogP contribution in [-0.2, 0) is 0 Å². The van der Waals surface area contributed by atoms with Crippen LogP contribution >= 0.6 is 12.4 Å². The number of aliphatic hydroxyl groups excluding tert-OH is 1. The first kappa shape index (κ1) is 19.0. The van der Waals surface area contributed by atoms with Gasteiger partial charge in [0.25, 0.3) is 0 Å². The van der Waals surface area contributed by atoms with Crippen molar-refractivity contribution in [2.45, 2.75) is 45.8 Å². The van der Waals surface area contributed by atoms with Gasteiger partial charge in [-0.05, 0) is 31.7 Å². The van der Waals surface area contributed by atoms with Crippen LogP contribution in [-0.4, -0.2) is 22.9 Å². The highest BCUT2D eigenvalue weighted by molar-refractivity contribution is 5.85. The Labute approximate surface area is 127 Å². The van der Waals surface area contributed by atoms with E-state index in [-0.39, 0.29) is 18.2 Å². The molecule has 0 spiro atoms. The smallest absolute Gasteiger partial charge is 0.162 e. The van der Waals surface area contributed by atoms with Crippen molar-refractivity contribution >= 4 is 12.4 Å². The second-order valence-electron chi connectivity index (χ2n) is 5.19. The number of aromatic hydroxyl groups is 1. The number of benzene rings is 1.